The maximum Gasteiger partial charge on any atom is 0.224 e. The molecule has 0 spiro atoms. The first-order chi connectivity index (χ1) is 8.52. The second-order valence-corrected chi connectivity index (χ2v) is 4.88. The lowest BCUT2D eigenvalue weighted by Crippen LogP contribution is -2.43. The maximum atomic E-state index is 13.7. The zero-order chi connectivity index (χ0) is 13.2. The van der Waals surface area contributed by atoms with E-state index in [1.165, 1.54) is 6.20 Å². The lowest BCUT2D eigenvalue weighted by atomic mass is 9.94. The molecule has 5 nitrogen and oxygen atoms in total. The van der Waals surface area contributed by atoms with Gasteiger partial charge >= 0.3 is 0 Å². The van der Waals surface area contributed by atoms with Gasteiger partial charge in [0.2, 0.25) is 5.95 Å². The molecule has 6 heteroatoms. The minimum atomic E-state index is -0.648. The Morgan fingerprint density at radius 1 is 1.50 bits per heavy atom. The highest BCUT2D eigenvalue weighted by atomic mass is 19.1. The molecule has 0 amide bonds. The van der Waals surface area contributed by atoms with Gasteiger partial charge < -0.3 is 15.3 Å². The fraction of sp³-hybridized carbons (Fsp3) is 0.667. The lowest BCUT2D eigenvalue weighted by Gasteiger charge is -2.36. The quantitative estimate of drug-likeness (QED) is 0.853. The average Bonchev–Trinajstić information content (AvgIpc) is 2.32. The zero-order valence-corrected chi connectivity index (χ0v) is 10.8. The van der Waals surface area contributed by atoms with Gasteiger partial charge in [0.1, 0.15) is 0 Å². The van der Waals surface area contributed by atoms with Gasteiger partial charge in [-0.3, -0.25) is 0 Å². The molecule has 0 aromatic carbocycles. The maximum absolute atomic E-state index is 13.7. The van der Waals surface area contributed by atoms with Crippen LogP contribution in [0.3, 0.4) is 0 Å². The minimum Gasteiger partial charge on any atom is -0.390 e. The average molecular weight is 254 g/mol. The highest BCUT2D eigenvalue weighted by Gasteiger charge is 2.29. The number of nitrogens with zero attached hydrogens (tertiary/aromatic N) is 3. The molecular weight excluding hydrogens is 235 g/mol. The van der Waals surface area contributed by atoms with Gasteiger partial charge in [-0.25, -0.2) is 9.37 Å². The van der Waals surface area contributed by atoms with E-state index in [9.17, 15) is 9.50 Å². The molecular formula is C12H19FN4O. The topological polar surface area (TPSA) is 61.3 Å². The van der Waals surface area contributed by atoms with Gasteiger partial charge in [0, 0.05) is 19.6 Å². The Morgan fingerprint density at radius 2 is 2.17 bits per heavy atom. The first-order valence-corrected chi connectivity index (χ1v) is 6.25. The Kier molecular flexibility index (Phi) is 3.65. The van der Waals surface area contributed by atoms with Crippen LogP contribution in [0.1, 0.15) is 26.7 Å². The smallest absolute Gasteiger partial charge is 0.224 e. The molecule has 0 bridgehead atoms. The van der Waals surface area contributed by atoms with Gasteiger partial charge in [-0.2, -0.15) is 4.98 Å². The standard InChI is InChI=1S/C12H19FN4O/c1-3-14-11-15-8-9(13)10(16-11)17-6-4-12(2,18)5-7-17/h8,18H,3-7H2,1-2H3,(H,14,15,16). The van der Waals surface area contributed by atoms with Crippen molar-refractivity contribution in [3.63, 3.8) is 0 Å². The van der Waals surface area contributed by atoms with Crippen LogP contribution in [0.2, 0.25) is 0 Å². The summed E-state index contributed by atoms with van der Waals surface area (Å²) in [6.07, 6.45) is 2.42. The number of halogens is 1. The van der Waals surface area contributed by atoms with Crippen LogP contribution < -0.4 is 10.2 Å². The van der Waals surface area contributed by atoms with Crippen molar-refractivity contribution in [2.75, 3.05) is 29.9 Å². The Balaban J connectivity index is 2.15. The van der Waals surface area contributed by atoms with Gasteiger partial charge in [0.05, 0.1) is 11.8 Å². The van der Waals surface area contributed by atoms with E-state index in [4.69, 9.17) is 0 Å². The Hall–Kier alpha value is -1.43. The van der Waals surface area contributed by atoms with Crippen LogP contribution >= 0.6 is 0 Å². The van der Waals surface area contributed by atoms with Crippen LogP contribution in [0.4, 0.5) is 16.2 Å². The number of aromatic nitrogens is 2. The van der Waals surface area contributed by atoms with E-state index in [0.29, 0.717) is 44.2 Å². The molecule has 0 aliphatic carbocycles. The summed E-state index contributed by atoms with van der Waals surface area (Å²) in [5.74, 6) is 0.334. The molecule has 1 aromatic heterocycles. The number of aliphatic hydroxyl groups is 1. The highest BCUT2D eigenvalue weighted by molar-refractivity contribution is 5.44. The monoisotopic (exact) mass is 254 g/mol. The highest BCUT2D eigenvalue weighted by Crippen LogP contribution is 2.26. The van der Waals surface area contributed by atoms with Crippen molar-refractivity contribution in [3.05, 3.63) is 12.0 Å². The van der Waals surface area contributed by atoms with Crippen LogP contribution in [0.15, 0.2) is 6.20 Å². The van der Waals surface area contributed by atoms with Crippen LogP contribution in [0.25, 0.3) is 0 Å². The van der Waals surface area contributed by atoms with E-state index in [-0.39, 0.29) is 0 Å². The summed E-state index contributed by atoms with van der Waals surface area (Å²) in [6, 6.07) is 0. The third-order valence-corrected chi connectivity index (χ3v) is 3.20. The molecule has 0 radical (unpaired) electrons. The largest absolute Gasteiger partial charge is 0.390 e. The number of piperidine rings is 1. The number of rotatable bonds is 3. The van der Waals surface area contributed by atoms with Crippen molar-refractivity contribution in [3.8, 4) is 0 Å². The van der Waals surface area contributed by atoms with Gasteiger partial charge in [0.25, 0.3) is 0 Å². The fourth-order valence-corrected chi connectivity index (χ4v) is 2.02. The second-order valence-electron chi connectivity index (χ2n) is 4.88. The number of hydrogen-bond acceptors (Lipinski definition) is 5. The van der Waals surface area contributed by atoms with Crippen LogP contribution in [0.5, 0.6) is 0 Å². The summed E-state index contributed by atoms with van der Waals surface area (Å²) >= 11 is 0. The van der Waals surface area contributed by atoms with Crippen molar-refractivity contribution < 1.29 is 9.50 Å². The molecule has 0 saturated carbocycles. The molecule has 0 unspecified atom stereocenters. The van der Waals surface area contributed by atoms with E-state index in [0.717, 1.165) is 0 Å². The molecule has 1 aliphatic heterocycles. The molecule has 1 fully saturated rings. The van der Waals surface area contributed by atoms with Crippen LogP contribution in [-0.4, -0.2) is 40.3 Å². The number of nitrogens with one attached hydrogen (secondary N) is 1. The van der Waals surface area contributed by atoms with Crippen LogP contribution in [0, 0.1) is 5.82 Å². The van der Waals surface area contributed by atoms with E-state index < -0.39 is 11.4 Å². The Labute approximate surface area is 106 Å². The number of anilines is 2. The molecule has 2 rings (SSSR count). The van der Waals surface area contributed by atoms with Crippen molar-refractivity contribution in [1.29, 1.82) is 0 Å². The molecule has 1 saturated heterocycles. The molecule has 0 atom stereocenters. The Bertz CT molecular complexity index is 415. The molecule has 2 N–H and O–H groups in total. The summed E-state index contributed by atoms with van der Waals surface area (Å²) in [6.45, 7) is 5.65. The van der Waals surface area contributed by atoms with Gasteiger partial charge in [-0.15, -0.1) is 0 Å². The molecule has 1 aromatic rings. The Morgan fingerprint density at radius 3 is 2.78 bits per heavy atom. The first kappa shape index (κ1) is 13.0. The van der Waals surface area contributed by atoms with Crippen molar-refractivity contribution in [1.82, 2.24) is 9.97 Å². The predicted molar refractivity (Wildman–Crippen MR) is 68.2 cm³/mol. The van der Waals surface area contributed by atoms with E-state index in [1.807, 2.05) is 18.7 Å². The van der Waals surface area contributed by atoms with Gasteiger partial charge in [0.15, 0.2) is 11.6 Å². The minimum absolute atomic E-state index is 0.316. The normalized spacial score (nSPS) is 18.8. The molecule has 100 valence electrons. The third-order valence-electron chi connectivity index (χ3n) is 3.20. The predicted octanol–water partition coefficient (Wildman–Crippen LogP) is 1.40. The van der Waals surface area contributed by atoms with E-state index >= 15 is 0 Å². The van der Waals surface area contributed by atoms with Crippen molar-refractivity contribution in [2.45, 2.75) is 32.3 Å². The van der Waals surface area contributed by atoms with E-state index in [2.05, 4.69) is 15.3 Å². The van der Waals surface area contributed by atoms with Crippen LogP contribution in [-0.2, 0) is 0 Å². The first-order valence-electron chi connectivity index (χ1n) is 6.25. The lowest BCUT2D eigenvalue weighted by molar-refractivity contribution is 0.0349. The molecule has 1 aliphatic rings. The van der Waals surface area contributed by atoms with Gasteiger partial charge in [-0.05, 0) is 26.7 Å². The zero-order valence-electron chi connectivity index (χ0n) is 10.8. The van der Waals surface area contributed by atoms with Crippen molar-refractivity contribution >= 4 is 11.8 Å². The molecule has 18 heavy (non-hydrogen) atoms. The summed E-state index contributed by atoms with van der Waals surface area (Å²) < 4.78 is 13.7. The summed E-state index contributed by atoms with van der Waals surface area (Å²) in [5.41, 5.74) is -0.648. The second kappa shape index (κ2) is 5.06. The summed E-state index contributed by atoms with van der Waals surface area (Å²) in [4.78, 5) is 9.92. The molecule has 2 heterocycles. The van der Waals surface area contributed by atoms with Gasteiger partial charge in [-0.1, -0.05) is 0 Å². The van der Waals surface area contributed by atoms with Crippen molar-refractivity contribution in [2.24, 2.45) is 0 Å². The fourth-order valence-electron chi connectivity index (χ4n) is 2.02. The summed E-state index contributed by atoms with van der Waals surface area (Å²) in [5, 5.41) is 12.8. The third kappa shape index (κ3) is 2.87. The SMILES string of the molecule is CCNc1ncc(F)c(N2CCC(C)(O)CC2)n1. The summed E-state index contributed by atoms with van der Waals surface area (Å²) in [7, 11) is 0. The number of hydrogen-bond donors (Lipinski definition) is 2. The van der Waals surface area contributed by atoms with E-state index in [1.54, 1.807) is 0 Å².